The van der Waals surface area contributed by atoms with E-state index in [-0.39, 0.29) is 22.2 Å². The molecule has 2 fully saturated rings. The van der Waals surface area contributed by atoms with Gasteiger partial charge in [-0.05, 0) is 50.2 Å². The molecule has 1 saturated carbocycles. The number of amides is 1. The standard InChI is InChI=1S/C19H31N3O3S2/c1-21(27(24,25)18-9-8-14-26-18)15-17(23)20-16-19(10-4-2-5-11-19)22-12-6-3-7-13-22/h8-9,14H,2-7,10-13,15-16H2,1H3,(H,20,23). The van der Waals surface area contributed by atoms with Gasteiger partial charge in [0.15, 0.2) is 0 Å². The summed E-state index contributed by atoms with van der Waals surface area (Å²) in [5, 5.41) is 4.78. The molecule has 1 aromatic heterocycles. The number of rotatable bonds is 7. The molecule has 27 heavy (non-hydrogen) atoms. The molecule has 1 N–H and O–H groups in total. The molecule has 1 aromatic rings. The third kappa shape index (κ3) is 4.91. The maximum atomic E-state index is 12.5. The summed E-state index contributed by atoms with van der Waals surface area (Å²) in [6.07, 6.45) is 9.69. The van der Waals surface area contributed by atoms with Gasteiger partial charge in [0, 0.05) is 19.1 Å². The first-order chi connectivity index (χ1) is 12.9. The van der Waals surface area contributed by atoms with Gasteiger partial charge in [0.2, 0.25) is 5.91 Å². The van der Waals surface area contributed by atoms with Gasteiger partial charge >= 0.3 is 0 Å². The molecule has 1 aliphatic heterocycles. The van der Waals surface area contributed by atoms with E-state index in [9.17, 15) is 13.2 Å². The number of likely N-dealkylation sites (N-methyl/N-ethyl adjacent to an activating group) is 1. The number of hydrogen-bond acceptors (Lipinski definition) is 5. The van der Waals surface area contributed by atoms with Crippen LogP contribution in [0.1, 0.15) is 51.4 Å². The Hall–Kier alpha value is -0.960. The smallest absolute Gasteiger partial charge is 0.252 e. The van der Waals surface area contributed by atoms with Crippen molar-refractivity contribution in [3.8, 4) is 0 Å². The lowest BCUT2D eigenvalue weighted by atomic mass is 9.79. The molecule has 3 rings (SSSR count). The molecule has 8 heteroatoms. The van der Waals surface area contributed by atoms with Gasteiger partial charge in [-0.15, -0.1) is 11.3 Å². The lowest BCUT2D eigenvalue weighted by molar-refractivity contribution is -0.122. The van der Waals surface area contributed by atoms with Gasteiger partial charge in [0.25, 0.3) is 10.0 Å². The molecule has 1 amide bonds. The molecule has 2 aliphatic rings. The minimum atomic E-state index is -3.59. The molecule has 2 heterocycles. The number of thiophene rings is 1. The van der Waals surface area contributed by atoms with Crippen LogP contribution < -0.4 is 5.32 Å². The fourth-order valence-corrected chi connectivity index (χ4v) is 6.68. The number of sulfonamides is 1. The molecule has 0 unspecified atom stereocenters. The van der Waals surface area contributed by atoms with E-state index >= 15 is 0 Å². The van der Waals surface area contributed by atoms with Crippen molar-refractivity contribution in [2.24, 2.45) is 0 Å². The number of hydrogen-bond donors (Lipinski definition) is 1. The lowest BCUT2D eigenvalue weighted by Gasteiger charge is -2.48. The summed E-state index contributed by atoms with van der Waals surface area (Å²) in [6, 6.07) is 3.28. The summed E-state index contributed by atoms with van der Waals surface area (Å²) in [5.41, 5.74) is 0.0551. The summed E-state index contributed by atoms with van der Waals surface area (Å²) in [4.78, 5) is 15.1. The van der Waals surface area contributed by atoms with Crippen LogP contribution in [0.5, 0.6) is 0 Å². The molecule has 1 saturated heterocycles. The Bertz CT molecular complexity index is 707. The Morgan fingerprint density at radius 3 is 2.48 bits per heavy atom. The fourth-order valence-electron chi connectivity index (χ4n) is 4.35. The van der Waals surface area contributed by atoms with Crippen molar-refractivity contribution in [2.45, 2.75) is 61.1 Å². The van der Waals surface area contributed by atoms with Crippen LogP contribution in [0.15, 0.2) is 21.7 Å². The Morgan fingerprint density at radius 2 is 1.85 bits per heavy atom. The summed E-state index contributed by atoms with van der Waals surface area (Å²) >= 11 is 1.17. The van der Waals surface area contributed by atoms with Crippen LogP contribution in [0.2, 0.25) is 0 Å². The number of nitrogens with one attached hydrogen (secondary N) is 1. The second-order valence-corrected chi connectivity index (χ2v) is 11.0. The third-order valence-corrected chi connectivity index (χ3v) is 9.13. The molecule has 0 radical (unpaired) electrons. The summed E-state index contributed by atoms with van der Waals surface area (Å²) in [6.45, 7) is 2.71. The normalized spacial score (nSPS) is 21.3. The highest BCUT2D eigenvalue weighted by molar-refractivity contribution is 7.91. The van der Waals surface area contributed by atoms with E-state index < -0.39 is 10.0 Å². The van der Waals surface area contributed by atoms with Gasteiger partial charge in [-0.3, -0.25) is 9.69 Å². The molecule has 152 valence electrons. The Kier molecular flexibility index (Phi) is 6.94. The van der Waals surface area contributed by atoms with E-state index in [1.54, 1.807) is 17.5 Å². The Balaban J connectivity index is 1.59. The molecule has 0 spiro atoms. The van der Waals surface area contributed by atoms with Gasteiger partial charge in [0.05, 0.1) is 6.54 Å². The maximum Gasteiger partial charge on any atom is 0.252 e. The zero-order valence-electron chi connectivity index (χ0n) is 16.2. The first kappa shape index (κ1) is 20.8. The average Bonchev–Trinajstić information content (AvgIpc) is 3.23. The third-order valence-electron chi connectivity index (χ3n) is 5.95. The van der Waals surface area contributed by atoms with Gasteiger partial charge in [-0.25, -0.2) is 8.42 Å². The highest BCUT2D eigenvalue weighted by Crippen LogP contribution is 2.35. The maximum absolute atomic E-state index is 12.5. The van der Waals surface area contributed by atoms with Crippen LogP contribution in [0.4, 0.5) is 0 Å². The molecule has 0 bridgehead atoms. The molecule has 1 aliphatic carbocycles. The Labute approximate surface area is 167 Å². The zero-order valence-corrected chi connectivity index (χ0v) is 17.8. The van der Waals surface area contributed by atoms with Crippen LogP contribution in [0.3, 0.4) is 0 Å². The average molecular weight is 414 g/mol. The second kappa shape index (κ2) is 9.03. The minimum absolute atomic E-state index is 0.0551. The number of nitrogens with zero attached hydrogens (tertiary/aromatic N) is 2. The Morgan fingerprint density at radius 1 is 1.19 bits per heavy atom. The topological polar surface area (TPSA) is 69.7 Å². The number of piperidine rings is 1. The first-order valence-corrected chi connectivity index (χ1v) is 12.3. The zero-order chi connectivity index (χ0) is 19.3. The van der Waals surface area contributed by atoms with Crippen LogP contribution in [0, 0.1) is 0 Å². The monoisotopic (exact) mass is 413 g/mol. The van der Waals surface area contributed by atoms with Crippen LogP contribution in [-0.4, -0.2) is 62.3 Å². The van der Waals surface area contributed by atoms with Crippen molar-refractivity contribution in [1.82, 2.24) is 14.5 Å². The summed E-state index contributed by atoms with van der Waals surface area (Å²) in [5.74, 6) is -0.223. The number of carbonyl (C=O) groups excluding carboxylic acids is 1. The van der Waals surface area contributed by atoms with Gasteiger partial charge in [0.1, 0.15) is 4.21 Å². The first-order valence-electron chi connectivity index (χ1n) is 9.96. The highest BCUT2D eigenvalue weighted by atomic mass is 32.2. The van der Waals surface area contributed by atoms with Gasteiger partial charge in [-0.1, -0.05) is 31.7 Å². The van der Waals surface area contributed by atoms with Crippen molar-refractivity contribution in [2.75, 3.05) is 33.2 Å². The van der Waals surface area contributed by atoms with E-state index in [4.69, 9.17) is 0 Å². The SMILES string of the molecule is CN(CC(=O)NCC1(N2CCCCC2)CCCCC1)S(=O)(=O)c1cccs1. The molecule has 6 nitrogen and oxygen atoms in total. The predicted octanol–water partition coefficient (Wildman–Crippen LogP) is 2.67. The van der Waals surface area contributed by atoms with E-state index in [0.29, 0.717) is 6.54 Å². The quantitative estimate of drug-likeness (QED) is 0.746. The lowest BCUT2D eigenvalue weighted by Crippen LogP contribution is -2.58. The van der Waals surface area contributed by atoms with E-state index in [1.807, 2.05) is 0 Å². The van der Waals surface area contributed by atoms with Crippen molar-refractivity contribution < 1.29 is 13.2 Å². The minimum Gasteiger partial charge on any atom is -0.353 e. The second-order valence-electron chi connectivity index (χ2n) is 7.80. The van der Waals surface area contributed by atoms with E-state index in [1.165, 1.54) is 56.9 Å². The van der Waals surface area contributed by atoms with E-state index in [0.717, 1.165) is 30.2 Å². The van der Waals surface area contributed by atoms with Gasteiger partial charge in [-0.2, -0.15) is 4.31 Å². The van der Waals surface area contributed by atoms with Crippen molar-refractivity contribution in [3.05, 3.63) is 17.5 Å². The van der Waals surface area contributed by atoms with Crippen LogP contribution >= 0.6 is 11.3 Å². The molecule has 0 atom stereocenters. The van der Waals surface area contributed by atoms with Crippen LogP contribution in [0.25, 0.3) is 0 Å². The van der Waals surface area contributed by atoms with Crippen molar-refractivity contribution in [1.29, 1.82) is 0 Å². The van der Waals surface area contributed by atoms with Crippen molar-refractivity contribution in [3.63, 3.8) is 0 Å². The fraction of sp³-hybridized carbons (Fsp3) is 0.737. The predicted molar refractivity (Wildman–Crippen MR) is 108 cm³/mol. The largest absolute Gasteiger partial charge is 0.353 e. The summed E-state index contributed by atoms with van der Waals surface area (Å²) < 4.78 is 26.4. The molecular formula is C19H31N3O3S2. The summed E-state index contributed by atoms with van der Waals surface area (Å²) in [7, 11) is -2.12. The number of likely N-dealkylation sites (tertiary alicyclic amines) is 1. The van der Waals surface area contributed by atoms with Crippen LogP contribution in [-0.2, 0) is 14.8 Å². The van der Waals surface area contributed by atoms with Gasteiger partial charge < -0.3 is 5.32 Å². The molecule has 0 aromatic carbocycles. The highest BCUT2D eigenvalue weighted by Gasteiger charge is 2.38. The van der Waals surface area contributed by atoms with Crippen molar-refractivity contribution >= 4 is 27.3 Å². The number of carbonyl (C=O) groups is 1. The molecular weight excluding hydrogens is 382 g/mol. The van der Waals surface area contributed by atoms with E-state index in [2.05, 4.69) is 10.2 Å².